The number of carbonyl (C=O) groups is 2. The zero-order valence-electron chi connectivity index (χ0n) is 20.3. The van der Waals surface area contributed by atoms with E-state index in [1.807, 2.05) is 42.3 Å². The number of nitrogens with zero attached hydrogens (tertiary/aromatic N) is 3. The van der Waals surface area contributed by atoms with Crippen molar-refractivity contribution in [2.45, 2.75) is 20.0 Å². The Balaban J connectivity index is 1.74. The van der Waals surface area contributed by atoms with Gasteiger partial charge in [0.15, 0.2) is 5.57 Å². The molecular weight excluding hydrogens is 490 g/mol. The monoisotopic (exact) mass is 515 g/mol. The van der Waals surface area contributed by atoms with Crippen LogP contribution in [0.3, 0.4) is 0 Å². The first kappa shape index (κ1) is 27.0. The third-order valence-corrected chi connectivity index (χ3v) is 6.07. The van der Waals surface area contributed by atoms with Gasteiger partial charge < -0.3 is 15.7 Å². The molecule has 0 aliphatic carbocycles. The summed E-state index contributed by atoms with van der Waals surface area (Å²) in [4.78, 5) is 38.1. The second-order valence-electron chi connectivity index (χ2n) is 7.92. The highest BCUT2D eigenvalue weighted by Gasteiger charge is 2.09. The Labute approximate surface area is 217 Å². The van der Waals surface area contributed by atoms with Crippen molar-refractivity contribution >= 4 is 46.1 Å². The molecule has 0 radical (unpaired) electrons. The second kappa shape index (κ2) is 12.9. The summed E-state index contributed by atoms with van der Waals surface area (Å²) in [6.07, 6.45) is 1.46. The standard InChI is InChI=1S/C27H25N5O4S/c1-3-32-25(14-20(16-28)27(35)36)37-23(26(32)34)12-13-29-21-10-7-11-22(15-21)30-24(33)18-31(2)17-19-8-5-4-6-9-19/h4-11,13,15,29H,3,17-18H2,1-2H3,(H,30,33)(H,35,36). The molecule has 0 saturated carbocycles. The Hall–Kier alpha value is -4.64. The molecule has 1 aromatic heterocycles. The van der Waals surface area contributed by atoms with Crippen molar-refractivity contribution in [3.05, 3.63) is 91.5 Å². The molecule has 0 bridgehead atoms. The van der Waals surface area contributed by atoms with Gasteiger partial charge in [-0.25, -0.2) is 4.79 Å². The Morgan fingerprint density at radius 3 is 2.57 bits per heavy atom. The Kier molecular flexibility index (Phi) is 9.39. The van der Waals surface area contributed by atoms with Gasteiger partial charge >= 0.3 is 5.97 Å². The van der Waals surface area contributed by atoms with Crippen LogP contribution in [-0.2, 0) is 22.7 Å². The number of thiazole rings is 1. The lowest BCUT2D eigenvalue weighted by molar-refractivity contribution is -0.132. The van der Waals surface area contributed by atoms with Gasteiger partial charge in [0.25, 0.3) is 5.56 Å². The molecule has 37 heavy (non-hydrogen) atoms. The quantitative estimate of drug-likeness (QED) is 0.293. The minimum Gasteiger partial charge on any atom is -0.477 e. The first-order chi connectivity index (χ1) is 17.8. The Morgan fingerprint density at radius 1 is 1.16 bits per heavy atom. The number of benzene rings is 2. The van der Waals surface area contributed by atoms with E-state index in [2.05, 4.69) is 22.1 Å². The highest BCUT2D eigenvalue weighted by molar-refractivity contribution is 7.07. The number of hydrogen-bond donors (Lipinski definition) is 3. The molecule has 9 nitrogen and oxygen atoms in total. The maximum absolute atomic E-state index is 12.6. The van der Waals surface area contributed by atoms with Gasteiger partial charge in [-0.3, -0.25) is 19.1 Å². The fourth-order valence-corrected chi connectivity index (χ4v) is 4.37. The lowest BCUT2D eigenvalue weighted by Gasteiger charge is -2.16. The van der Waals surface area contributed by atoms with Crippen LogP contribution < -0.4 is 25.4 Å². The molecule has 1 amide bonds. The van der Waals surface area contributed by atoms with E-state index in [-0.39, 0.29) is 33.8 Å². The Morgan fingerprint density at radius 2 is 1.89 bits per heavy atom. The summed E-state index contributed by atoms with van der Waals surface area (Å²) < 4.78 is 1.78. The van der Waals surface area contributed by atoms with E-state index in [0.717, 1.165) is 16.9 Å². The molecule has 0 unspecified atom stereocenters. The molecule has 10 heteroatoms. The molecule has 3 N–H and O–H groups in total. The van der Waals surface area contributed by atoms with E-state index in [0.29, 0.717) is 17.9 Å². The maximum atomic E-state index is 12.6. The van der Waals surface area contributed by atoms with Crippen LogP contribution in [0.1, 0.15) is 12.5 Å². The van der Waals surface area contributed by atoms with Crippen LogP contribution in [0.5, 0.6) is 0 Å². The largest absolute Gasteiger partial charge is 0.477 e. The predicted octanol–water partition coefficient (Wildman–Crippen LogP) is 1.92. The molecule has 3 aromatic rings. The molecule has 1 heterocycles. The zero-order valence-corrected chi connectivity index (χ0v) is 21.1. The summed E-state index contributed by atoms with van der Waals surface area (Å²) in [5.41, 5.74) is 6.81. The molecule has 188 valence electrons. The second-order valence-corrected chi connectivity index (χ2v) is 8.92. The third kappa shape index (κ3) is 7.67. The van der Waals surface area contributed by atoms with E-state index in [1.54, 1.807) is 37.3 Å². The topological polar surface area (TPSA) is 127 Å². The van der Waals surface area contributed by atoms with Gasteiger partial charge in [0, 0.05) is 30.7 Å². The van der Waals surface area contributed by atoms with Crippen molar-refractivity contribution in [1.82, 2.24) is 9.47 Å². The predicted molar refractivity (Wildman–Crippen MR) is 143 cm³/mol. The van der Waals surface area contributed by atoms with Gasteiger partial charge in [-0.1, -0.05) is 59.2 Å². The molecular formula is C27H25N5O4S. The number of nitrogens with one attached hydrogen (secondary N) is 2. The first-order valence-corrected chi connectivity index (χ1v) is 12.1. The van der Waals surface area contributed by atoms with Gasteiger partial charge in [0.05, 0.1) is 6.54 Å². The fourth-order valence-electron chi connectivity index (χ4n) is 3.39. The highest BCUT2D eigenvalue weighted by Crippen LogP contribution is 2.15. The summed E-state index contributed by atoms with van der Waals surface area (Å²) in [7, 11) is 1.88. The molecule has 3 rings (SSSR count). The van der Waals surface area contributed by atoms with Gasteiger partial charge in [-0.05, 0) is 37.7 Å². The van der Waals surface area contributed by atoms with E-state index < -0.39 is 11.5 Å². The lowest BCUT2D eigenvalue weighted by atomic mass is 10.2. The average Bonchev–Trinajstić information content (AvgIpc) is 3.16. The number of rotatable bonds is 9. The number of likely N-dealkylation sites (N-methyl/N-ethyl adjacent to an activating group) is 1. The molecule has 0 saturated heterocycles. The fraction of sp³-hybridized carbons (Fsp3) is 0.185. The average molecular weight is 516 g/mol. The van der Waals surface area contributed by atoms with Crippen molar-refractivity contribution in [1.29, 1.82) is 5.26 Å². The number of carbonyl (C=O) groups excluding carboxylic acids is 1. The molecule has 2 aromatic carbocycles. The number of hydrogen-bond acceptors (Lipinski definition) is 7. The third-order valence-electron chi connectivity index (χ3n) is 5.05. The summed E-state index contributed by atoms with van der Waals surface area (Å²) in [5, 5.41) is 23.9. The number of nitriles is 1. The van der Waals surface area contributed by atoms with Crippen molar-refractivity contribution < 1.29 is 14.7 Å². The zero-order chi connectivity index (χ0) is 26.8. The number of amides is 1. The SMILES string of the molecule is CCn1c(=C=C(C#N)C(=O)O)sc(=C=CNc2cccc(NC(=O)CN(C)Cc3ccccc3)c2)c1=O. The summed E-state index contributed by atoms with van der Waals surface area (Å²) in [6.45, 7) is 2.90. The van der Waals surface area contributed by atoms with Gasteiger partial charge in [-0.15, -0.1) is 0 Å². The van der Waals surface area contributed by atoms with Crippen molar-refractivity contribution in [3.8, 4) is 6.07 Å². The minimum absolute atomic E-state index is 0.147. The minimum atomic E-state index is -1.41. The number of carboxylic acids is 1. The van der Waals surface area contributed by atoms with E-state index in [4.69, 9.17) is 10.4 Å². The number of carboxylic acid groups (broad SMARTS) is 1. The van der Waals surface area contributed by atoms with Crippen molar-refractivity contribution in [2.24, 2.45) is 0 Å². The van der Waals surface area contributed by atoms with Crippen LogP contribution in [-0.4, -0.2) is 40.0 Å². The number of aromatic nitrogens is 1. The molecule has 0 aliphatic rings. The Bertz CT molecular complexity index is 1590. The first-order valence-electron chi connectivity index (χ1n) is 11.3. The molecule has 0 atom stereocenters. The van der Waals surface area contributed by atoms with Crippen molar-refractivity contribution in [2.75, 3.05) is 24.2 Å². The molecule has 0 spiro atoms. The van der Waals surface area contributed by atoms with Gasteiger partial charge in [-0.2, -0.15) is 5.26 Å². The summed E-state index contributed by atoms with van der Waals surface area (Å²) >= 11 is 0.985. The molecule has 0 fully saturated rings. The van der Waals surface area contributed by atoms with Gasteiger partial charge in [0.2, 0.25) is 5.91 Å². The van der Waals surface area contributed by atoms with Crippen LogP contribution in [0, 0.1) is 11.3 Å². The van der Waals surface area contributed by atoms with Crippen LogP contribution >= 0.6 is 11.3 Å². The van der Waals surface area contributed by atoms with Crippen molar-refractivity contribution in [3.63, 3.8) is 0 Å². The smallest absolute Gasteiger partial charge is 0.354 e. The highest BCUT2D eigenvalue weighted by atomic mass is 32.1. The van der Waals surface area contributed by atoms with Crippen LogP contribution in [0.15, 0.2) is 71.2 Å². The summed E-state index contributed by atoms with van der Waals surface area (Å²) in [5.74, 6) is -1.56. The number of anilines is 2. The maximum Gasteiger partial charge on any atom is 0.354 e. The lowest BCUT2D eigenvalue weighted by Crippen LogP contribution is -2.30. The van der Waals surface area contributed by atoms with Crippen LogP contribution in [0.25, 0.3) is 11.5 Å². The normalized spacial score (nSPS) is 10.1. The number of aliphatic carboxylic acids is 1. The van der Waals surface area contributed by atoms with Crippen LogP contribution in [0.4, 0.5) is 11.4 Å². The van der Waals surface area contributed by atoms with E-state index in [1.165, 1.54) is 10.8 Å². The van der Waals surface area contributed by atoms with Crippen LogP contribution in [0.2, 0.25) is 0 Å². The summed E-state index contributed by atoms with van der Waals surface area (Å²) in [6, 6.07) is 18.6. The van der Waals surface area contributed by atoms with Gasteiger partial charge in [0.1, 0.15) is 15.3 Å². The molecule has 0 aliphatic heterocycles. The van der Waals surface area contributed by atoms with E-state index >= 15 is 0 Å². The van der Waals surface area contributed by atoms with E-state index in [9.17, 15) is 14.4 Å².